The molecular weight excluding hydrogens is 448 g/mol. The first-order chi connectivity index (χ1) is 17.0. The SMILES string of the molecule is CN1CC[C@@](O)(c2ccnc(-c3ccn(-c4ccnc(Nc5cnn6cccnc56)n4)n3)c2)C1=O. The van der Waals surface area contributed by atoms with Gasteiger partial charge in [-0.25, -0.2) is 19.2 Å². The van der Waals surface area contributed by atoms with E-state index in [2.05, 4.69) is 35.5 Å². The molecule has 0 bridgehead atoms. The molecule has 12 heteroatoms. The number of carbonyl (C=O) groups is 1. The number of nitrogens with zero attached hydrogens (tertiary/aromatic N) is 9. The summed E-state index contributed by atoms with van der Waals surface area (Å²) in [7, 11) is 1.68. The van der Waals surface area contributed by atoms with Gasteiger partial charge in [0.2, 0.25) is 5.95 Å². The molecule has 6 rings (SSSR count). The second-order valence-electron chi connectivity index (χ2n) is 8.22. The van der Waals surface area contributed by atoms with Gasteiger partial charge in [0, 0.05) is 57.1 Å². The highest BCUT2D eigenvalue weighted by Gasteiger charge is 2.45. The molecule has 2 N–H and O–H groups in total. The summed E-state index contributed by atoms with van der Waals surface area (Å²) in [6.45, 7) is 0.497. The van der Waals surface area contributed by atoms with Crippen LogP contribution in [-0.2, 0) is 10.4 Å². The van der Waals surface area contributed by atoms with Crippen LogP contribution in [0.3, 0.4) is 0 Å². The van der Waals surface area contributed by atoms with Gasteiger partial charge in [-0.05, 0) is 29.8 Å². The number of carbonyl (C=O) groups excluding carboxylic acids is 1. The Morgan fingerprint density at radius 2 is 1.94 bits per heavy atom. The molecule has 174 valence electrons. The average molecular weight is 468 g/mol. The van der Waals surface area contributed by atoms with Gasteiger partial charge in [0.05, 0.1) is 11.9 Å². The predicted molar refractivity (Wildman–Crippen MR) is 125 cm³/mol. The molecule has 6 heterocycles. The number of hydrogen-bond donors (Lipinski definition) is 2. The van der Waals surface area contributed by atoms with Gasteiger partial charge in [-0.15, -0.1) is 0 Å². The molecule has 1 atom stereocenters. The van der Waals surface area contributed by atoms with E-state index in [1.807, 2.05) is 0 Å². The maximum absolute atomic E-state index is 12.5. The Bertz CT molecular complexity index is 1560. The van der Waals surface area contributed by atoms with Crippen LogP contribution in [-0.4, -0.2) is 68.8 Å². The second-order valence-corrected chi connectivity index (χ2v) is 8.22. The number of pyridine rings is 1. The molecule has 1 fully saturated rings. The number of fused-ring (bicyclic) bond motifs is 1. The van der Waals surface area contributed by atoms with Gasteiger partial charge in [0.15, 0.2) is 17.1 Å². The van der Waals surface area contributed by atoms with Gasteiger partial charge in [-0.1, -0.05) is 0 Å². The highest BCUT2D eigenvalue weighted by atomic mass is 16.3. The highest BCUT2D eigenvalue weighted by molar-refractivity contribution is 5.88. The van der Waals surface area contributed by atoms with E-state index >= 15 is 0 Å². The Morgan fingerprint density at radius 1 is 1.06 bits per heavy atom. The topological polar surface area (TPSA) is 139 Å². The highest BCUT2D eigenvalue weighted by Crippen LogP contribution is 2.33. The lowest BCUT2D eigenvalue weighted by Crippen LogP contribution is -2.36. The van der Waals surface area contributed by atoms with E-state index in [1.165, 1.54) is 4.90 Å². The minimum atomic E-state index is -1.55. The fraction of sp³-hybridized carbons (Fsp3) is 0.174. The maximum atomic E-state index is 12.5. The fourth-order valence-corrected chi connectivity index (χ4v) is 4.11. The molecule has 0 aliphatic carbocycles. The Morgan fingerprint density at radius 3 is 2.80 bits per heavy atom. The first-order valence-corrected chi connectivity index (χ1v) is 10.9. The van der Waals surface area contributed by atoms with Crippen molar-refractivity contribution in [1.82, 2.24) is 44.2 Å². The fourth-order valence-electron chi connectivity index (χ4n) is 4.11. The van der Waals surface area contributed by atoms with Crippen LogP contribution < -0.4 is 5.32 Å². The zero-order valence-electron chi connectivity index (χ0n) is 18.6. The molecule has 1 aliphatic rings. The summed E-state index contributed by atoms with van der Waals surface area (Å²) >= 11 is 0. The number of rotatable bonds is 5. The number of nitrogens with one attached hydrogen (secondary N) is 1. The van der Waals surface area contributed by atoms with E-state index in [-0.39, 0.29) is 5.91 Å². The third kappa shape index (κ3) is 3.56. The molecule has 5 aromatic rings. The van der Waals surface area contributed by atoms with Crippen molar-refractivity contribution in [3.63, 3.8) is 0 Å². The van der Waals surface area contributed by atoms with Crippen LogP contribution in [0.25, 0.3) is 22.9 Å². The molecule has 1 saturated heterocycles. The van der Waals surface area contributed by atoms with E-state index < -0.39 is 5.60 Å². The van der Waals surface area contributed by atoms with Crippen molar-refractivity contribution in [3.05, 3.63) is 73.1 Å². The van der Waals surface area contributed by atoms with Crippen molar-refractivity contribution in [2.24, 2.45) is 0 Å². The summed E-state index contributed by atoms with van der Waals surface area (Å²) < 4.78 is 3.26. The molecule has 5 aromatic heterocycles. The molecular formula is C23H20N10O2. The Hall–Kier alpha value is -4.71. The van der Waals surface area contributed by atoms with Crippen molar-refractivity contribution < 1.29 is 9.90 Å². The monoisotopic (exact) mass is 468 g/mol. The lowest BCUT2D eigenvalue weighted by Gasteiger charge is -2.21. The minimum Gasteiger partial charge on any atom is -0.375 e. The standard InChI is InChI=1S/C23H20N10O2/c1-31-12-6-23(35,21(31)34)15-3-8-24-17(13-15)16-5-11-32(30-16)19-4-9-26-22(29-19)28-18-14-27-33-10-2-7-25-20(18)33/h2-5,7-11,13-14,35H,6,12H2,1H3,(H,26,28,29)/t23-/m1/s1. The first kappa shape index (κ1) is 20.9. The zero-order chi connectivity index (χ0) is 24.0. The Labute approximate surface area is 198 Å². The van der Waals surface area contributed by atoms with E-state index in [4.69, 9.17) is 0 Å². The lowest BCUT2D eigenvalue weighted by atomic mass is 9.92. The molecule has 1 aliphatic heterocycles. The van der Waals surface area contributed by atoms with Crippen LogP contribution in [0.2, 0.25) is 0 Å². The Kier molecular flexibility index (Phi) is 4.74. The molecule has 0 saturated carbocycles. The number of amides is 1. The summed E-state index contributed by atoms with van der Waals surface area (Å²) in [6, 6.07) is 8.69. The molecule has 0 aromatic carbocycles. The van der Waals surface area contributed by atoms with E-state index in [0.717, 1.165) is 0 Å². The van der Waals surface area contributed by atoms with E-state index in [0.29, 0.717) is 53.0 Å². The van der Waals surface area contributed by atoms with Crippen LogP contribution >= 0.6 is 0 Å². The van der Waals surface area contributed by atoms with Gasteiger partial charge >= 0.3 is 0 Å². The smallest absolute Gasteiger partial charge is 0.258 e. The number of likely N-dealkylation sites (N-methyl/N-ethyl adjacent to an activating group) is 1. The van der Waals surface area contributed by atoms with Crippen LogP contribution in [0, 0.1) is 0 Å². The number of aromatic nitrogens is 8. The van der Waals surface area contributed by atoms with Crippen molar-refractivity contribution >= 4 is 23.2 Å². The second kappa shape index (κ2) is 7.95. The number of hydrogen-bond acceptors (Lipinski definition) is 9. The predicted octanol–water partition coefficient (Wildman–Crippen LogP) is 1.56. The normalized spacial score (nSPS) is 17.9. The maximum Gasteiger partial charge on any atom is 0.258 e. The number of likely N-dealkylation sites (tertiary alicyclic amines) is 1. The third-order valence-corrected chi connectivity index (χ3v) is 6.00. The van der Waals surface area contributed by atoms with Gasteiger partial charge in [0.1, 0.15) is 11.4 Å². The van der Waals surface area contributed by atoms with Crippen molar-refractivity contribution in [2.45, 2.75) is 12.0 Å². The van der Waals surface area contributed by atoms with Crippen LogP contribution in [0.1, 0.15) is 12.0 Å². The quantitative estimate of drug-likeness (QED) is 0.393. The summed E-state index contributed by atoms with van der Waals surface area (Å²) in [5.41, 5.74) is 1.41. The van der Waals surface area contributed by atoms with Crippen molar-refractivity contribution in [2.75, 3.05) is 18.9 Å². The molecule has 0 radical (unpaired) electrons. The van der Waals surface area contributed by atoms with Crippen molar-refractivity contribution in [1.29, 1.82) is 0 Å². The average Bonchev–Trinajstić information content (AvgIpc) is 3.61. The van der Waals surface area contributed by atoms with Gasteiger partial charge < -0.3 is 15.3 Å². The van der Waals surface area contributed by atoms with Crippen LogP contribution in [0.5, 0.6) is 0 Å². The Balaban J connectivity index is 1.27. The molecule has 12 nitrogen and oxygen atoms in total. The van der Waals surface area contributed by atoms with Crippen molar-refractivity contribution in [3.8, 4) is 17.2 Å². The largest absolute Gasteiger partial charge is 0.375 e. The van der Waals surface area contributed by atoms with Gasteiger partial charge in [-0.3, -0.25) is 9.78 Å². The summed E-state index contributed by atoms with van der Waals surface area (Å²) in [5.74, 6) is 0.592. The molecule has 0 unspecified atom stereocenters. The van der Waals surface area contributed by atoms with Crippen LogP contribution in [0.4, 0.5) is 11.6 Å². The molecule has 0 spiro atoms. The number of aliphatic hydroxyl groups is 1. The molecule has 1 amide bonds. The van der Waals surface area contributed by atoms with Crippen LogP contribution in [0.15, 0.2) is 67.5 Å². The minimum absolute atomic E-state index is 0.317. The van der Waals surface area contributed by atoms with E-state index in [1.54, 1.807) is 83.8 Å². The summed E-state index contributed by atoms with van der Waals surface area (Å²) in [6.07, 6.45) is 10.4. The van der Waals surface area contributed by atoms with E-state index in [9.17, 15) is 9.90 Å². The molecule has 35 heavy (non-hydrogen) atoms. The summed E-state index contributed by atoms with van der Waals surface area (Å²) in [4.78, 5) is 31.6. The lowest BCUT2D eigenvalue weighted by molar-refractivity contribution is -0.143. The third-order valence-electron chi connectivity index (χ3n) is 6.00. The van der Waals surface area contributed by atoms with Gasteiger partial charge in [-0.2, -0.15) is 15.2 Å². The summed E-state index contributed by atoms with van der Waals surface area (Å²) in [5, 5.41) is 23.0. The number of anilines is 2. The van der Waals surface area contributed by atoms with Gasteiger partial charge in [0.25, 0.3) is 5.91 Å². The first-order valence-electron chi connectivity index (χ1n) is 10.9. The zero-order valence-corrected chi connectivity index (χ0v) is 18.6.